The average Bonchev–Trinajstić information content (AvgIpc) is 2.57. The van der Waals surface area contributed by atoms with Crippen LogP contribution in [0, 0.1) is 0 Å². The molecular formula is C20H41NO3. The molecule has 3 N–H and O–H groups in total. The summed E-state index contributed by atoms with van der Waals surface area (Å²) in [4.78, 5) is 10.9. The Labute approximate surface area is 149 Å². The molecule has 0 aliphatic heterocycles. The largest absolute Gasteiger partial charge is 0.480 e. The number of hydrogen-bond donors (Lipinski definition) is 3. The van der Waals surface area contributed by atoms with Gasteiger partial charge >= 0.3 is 5.97 Å². The average molecular weight is 344 g/mol. The van der Waals surface area contributed by atoms with Gasteiger partial charge in [-0.2, -0.15) is 0 Å². The predicted octanol–water partition coefficient (Wildman–Crippen LogP) is 4.89. The maximum Gasteiger partial charge on any atom is 0.320 e. The van der Waals surface area contributed by atoms with E-state index in [0.717, 1.165) is 19.4 Å². The number of nitrogens with one attached hydrogen (secondary N) is 1. The van der Waals surface area contributed by atoms with Gasteiger partial charge in [0.2, 0.25) is 0 Å². The van der Waals surface area contributed by atoms with Crippen LogP contribution in [0.4, 0.5) is 0 Å². The molecule has 0 aliphatic carbocycles. The van der Waals surface area contributed by atoms with Crippen molar-refractivity contribution in [2.24, 2.45) is 0 Å². The maximum absolute atomic E-state index is 10.9. The fourth-order valence-electron chi connectivity index (χ4n) is 3.04. The summed E-state index contributed by atoms with van der Waals surface area (Å²) in [6, 6.07) is -0.600. The Hall–Kier alpha value is -0.610. The van der Waals surface area contributed by atoms with Gasteiger partial charge in [0.15, 0.2) is 0 Å². The third-order valence-corrected chi connectivity index (χ3v) is 4.64. The van der Waals surface area contributed by atoms with E-state index in [1.807, 2.05) is 0 Å². The molecule has 4 nitrogen and oxygen atoms in total. The van der Waals surface area contributed by atoms with E-state index in [-0.39, 0.29) is 13.0 Å². The van der Waals surface area contributed by atoms with Gasteiger partial charge in [0, 0.05) is 6.61 Å². The first-order valence-electron chi connectivity index (χ1n) is 10.3. The number of aliphatic carboxylic acids is 1. The molecule has 1 atom stereocenters. The zero-order valence-electron chi connectivity index (χ0n) is 15.9. The highest BCUT2D eigenvalue weighted by Crippen LogP contribution is 2.12. The molecule has 1 unspecified atom stereocenters. The third kappa shape index (κ3) is 16.3. The quantitative estimate of drug-likeness (QED) is 0.292. The Morgan fingerprint density at radius 2 is 1.21 bits per heavy atom. The van der Waals surface area contributed by atoms with Crippen molar-refractivity contribution in [2.45, 2.75) is 109 Å². The number of carbonyl (C=O) groups is 1. The van der Waals surface area contributed by atoms with E-state index in [1.165, 1.54) is 77.0 Å². The summed E-state index contributed by atoms with van der Waals surface area (Å²) in [7, 11) is 0. The van der Waals surface area contributed by atoms with Crippen molar-refractivity contribution in [3.63, 3.8) is 0 Å². The molecule has 0 heterocycles. The molecule has 0 rings (SSSR count). The molecule has 0 aliphatic rings. The Morgan fingerprint density at radius 1 is 0.792 bits per heavy atom. The number of carboxylic acid groups (broad SMARTS) is 1. The molecule has 0 bridgehead atoms. The van der Waals surface area contributed by atoms with Gasteiger partial charge in [-0.1, -0.05) is 90.4 Å². The number of rotatable bonds is 19. The summed E-state index contributed by atoms with van der Waals surface area (Å²) in [5, 5.41) is 20.8. The van der Waals surface area contributed by atoms with E-state index in [1.54, 1.807) is 0 Å². The van der Waals surface area contributed by atoms with Crippen LogP contribution in [0.2, 0.25) is 0 Å². The van der Waals surface area contributed by atoms with Crippen LogP contribution in [0.3, 0.4) is 0 Å². The summed E-state index contributed by atoms with van der Waals surface area (Å²) >= 11 is 0. The summed E-state index contributed by atoms with van der Waals surface area (Å²) in [5.41, 5.74) is 0. The topological polar surface area (TPSA) is 69.6 Å². The molecule has 0 fully saturated rings. The lowest BCUT2D eigenvalue weighted by Crippen LogP contribution is -2.37. The van der Waals surface area contributed by atoms with E-state index in [9.17, 15) is 4.79 Å². The SMILES string of the molecule is CCCCCCCCCCCCCCCCNC(CCO)C(=O)O. The minimum Gasteiger partial charge on any atom is -0.480 e. The number of hydrogen-bond acceptors (Lipinski definition) is 3. The molecular weight excluding hydrogens is 302 g/mol. The molecule has 0 saturated carbocycles. The summed E-state index contributed by atoms with van der Waals surface area (Å²) < 4.78 is 0. The highest BCUT2D eigenvalue weighted by atomic mass is 16.4. The second-order valence-electron chi connectivity index (χ2n) is 6.95. The molecule has 0 aromatic carbocycles. The smallest absolute Gasteiger partial charge is 0.320 e. The van der Waals surface area contributed by atoms with E-state index in [4.69, 9.17) is 10.2 Å². The van der Waals surface area contributed by atoms with Crippen molar-refractivity contribution in [3.05, 3.63) is 0 Å². The van der Waals surface area contributed by atoms with E-state index < -0.39 is 12.0 Å². The van der Waals surface area contributed by atoms with Gasteiger partial charge in [-0.15, -0.1) is 0 Å². The number of carboxylic acids is 1. The highest BCUT2D eigenvalue weighted by molar-refractivity contribution is 5.73. The minimum atomic E-state index is -0.866. The van der Waals surface area contributed by atoms with Crippen molar-refractivity contribution in [2.75, 3.05) is 13.2 Å². The van der Waals surface area contributed by atoms with Crippen LogP contribution < -0.4 is 5.32 Å². The summed E-state index contributed by atoms with van der Waals surface area (Å²) in [6.07, 6.45) is 18.9. The van der Waals surface area contributed by atoms with Gasteiger partial charge in [0.05, 0.1) is 0 Å². The van der Waals surface area contributed by atoms with Crippen LogP contribution in [0.1, 0.15) is 103 Å². The molecule has 0 aromatic rings. The summed E-state index contributed by atoms with van der Waals surface area (Å²) in [5.74, 6) is -0.866. The number of unbranched alkanes of at least 4 members (excludes halogenated alkanes) is 13. The molecule has 0 radical (unpaired) electrons. The number of aliphatic hydroxyl groups excluding tert-OH is 1. The van der Waals surface area contributed by atoms with Gasteiger partial charge in [-0.25, -0.2) is 0 Å². The monoisotopic (exact) mass is 343 g/mol. The van der Waals surface area contributed by atoms with Crippen molar-refractivity contribution >= 4 is 5.97 Å². The Balaban J connectivity index is 3.18. The lowest BCUT2D eigenvalue weighted by Gasteiger charge is -2.12. The van der Waals surface area contributed by atoms with Crippen LogP contribution >= 0.6 is 0 Å². The zero-order chi connectivity index (χ0) is 17.9. The Bertz CT molecular complexity index is 272. The van der Waals surface area contributed by atoms with Crippen molar-refractivity contribution < 1.29 is 15.0 Å². The van der Waals surface area contributed by atoms with Crippen LogP contribution in [0.25, 0.3) is 0 Å². The first-order chi connectivity index (χ1) is 11.7. The van der Waals surface area contributed by atoms with Crippen LogP contribution in [-0.4, -0.2) is 35.4 Å². The van der Waals surface area contributed by atoms with Crippen molar-refractivity contribution in [1.29, 1.82) is 0 Å². The first-order valence-corrected chi connectivity index (χ1v) is 10.3. The highest BCUT2D eigenvalue weighted by Gasteiger charge is 2.14. The molecule has 24 heavy (non-hydrogen) atoms. The van der Waals surface area contributed by atoms with Crippen molar-refractivity contribution in [1.82, 2.24) is 5.32 Å². The minimum absolute atomic E-state index is 0.0806. The summed E-state index contributed by atoms with van der Waals surface area (Å²) in [6.45, 7) is 2.91. The second-order valence-corrected chi connectivity index (χ2v) is 6.95. The van der Waals surface area contributed by atoms with E-state index in [0.29, 0.717) is 0 Å². The molecule has 4 heteroatoms. The fraction of sp³-hybridized carbons (Fsp3) is 0.950. The molecule has 0 spiro atoms. The second kappa shape index (κ2) is 18.7. The van der Waals surface area contributed by atoms with Gasteiger partial charge in [-0.3, -0.25) is 4.79 Å². The van der Waals surface area contributed by atoms with Gasteiger partial charge in [-0.05, 0) is 19.4 Å². The van der Waals surface area contributed by atoms with Crippen molar-refractivity contribution in [3.8, 4) is 0 Å². The molecule has 0 aromatic heterocycles. The Morgan fingerprint density at radius 3 is 1.58 bits per heavy atom. The lowest BCUT2D eigenvalue weighted by molar-refractivity contribution is -0.139. The van der Waals surface area contributed by atoms with Gasteiger partial charge < -0.3 is 15.5 Å². The fourth-order valence-corrected chi connectivity index (χ4v) is 3.04. The molecule has 0 amide bonds. The van der Waals surface area contributed by atoms with E-state index in [2.05, 4.69) is 12.2 Å². The van der Waals surface area contributed by atoms with Crippen LogP contribution in [0.15, 0.2) is 0 Å². The van der Waals surface area contributed by atoms with Gasteiger partial charge in [0.25, 0.3) is 0 Å². The maximum atomic E-state index is 10.9. The zero-order valence-corrected chi connectivity index (χ0v) is 15.9. The molecule has 0 saturated heterocycles. The molecule has 144 valence electrons. The normalized spacial score (nSPS) is 12.4. The van der Waals surface area contributed by atoms with Crippen LogP contribution in [-0.2, 0) is 4.79 Å². The number of aliphatic hydroxyl groups is 1. The van der Waals surface area contributed by atoms with Crippen LogP contribution in [0.5, 0.6) is 0 Å². The van der Waals surface area contributed by atoms with Gasteiger partial charge in [0.1, 0.15) is 6.04 Å². The lowest BCUT2D eigenvalue weighted by atomic mass is 10.0. The predicted molar refractivity (Wildman–Crippen MR) is 101 cm³/mol. The van der Waals surface area contributed by atoms with E-state index >= 15 is 0 Å². The third-order valence-electron chi connectivity index (χ3n) is 4.64. The Kier molecular flexibility index (Phi) is 18.2. The first kappa shape index (κ1) is 23.4. The standard InChI is InChI=1S/C20H41NO3/c1-2-3-4-5-6-7-8-9-10-11-12-13-14-15-17-21-19(16-18-22)20(23)24/h19,21-22H,2-18H2,1H3,(H,23,24).